The molecule has 0 radical (unpaired) electrons. The summed E-state index contributed by atoms with van der Waals surface area (Å²) in [6.07, 6.45) is -2.26. The van der Waals surface area contributed by atoms with E-state index in [1.165, 1.54) is 6.07 Å². The Morgan fingerprint density at radius 3 is 2.45 bits per heavy atom. The molecule has 0 aliphatic heterocycles. The topological polar surface area (TPSA) is 39.2 Å². The van der Waals surface area contributed by atoms with E-state index in [1.807, 2.05) is 0 Å². The standard InChI is InChI=1S/C6H6F3NO/c7-6(8,9)5(10)4-1-2-11-3-4/h1-3,5H,10H2. The van der Waals surface area contributed by atoms with E-state index in [1.54, 1.807) is 0 Å². The molecule has 1 aromatic heterocycles. The summed E-state index contributed by atoms with van der Waals surface area (Å²) < 4.78 is 40.0. The maximum Gasteiger partial charge on any atom is 0.407 e. The first kappa shape index (κ1) is 8.13. The summed E-state index contributed by atoms with van der Waals surface area (Å²) in [7, 11) is 0. The Kier molecular flexibility index (Phi) is 1.90. The van der Waals surface area contributed by atoms with Crippen LogP contribution in [0.1, 0.15) is 11.6 Å². The van der Waals surface area contributed by atoms with Crippen LogP contribution in [0.4, 0.5) is 13.2 Å². The minimum Gasteiger partial charge on any atom is -0.472 e. The molecular weight excluding hydrogens is 159 g/mol. The van der Waals surface area contributed by atoms with Crippen LogP contribution < -0.4 is 5.73 Å². The molecule has 0 spiro atoms. The number of alkyl halides is 3. The molecule has 11 heavy (non-hydrogen) atoms. The first-order chi connectivity index (χ1) is 5.02. The third-order valence-electron chi connectivity index (χ3n) is 1.25. The van der Waals surface area contributed by atoms with E-state index >= 15 is 0 Å². The van der Waals surface area contributed by atoms with Crippen molar-refractivity contribution < 1.29 is 17.6 Å². The van der Waals surface area contributed by atoms with Crippen LogP contribution in [0.25, 0.3) is 0 Å². The van der Waals surface area contributed by atoms with Gasteiger partial charge in [0.2, 0.25) is 0 Å². The van der Waals surface area contributed by atoms with Crippen molar-refractivity contribution in [2.45, 2.75) is 12.2 Å². The second kappa shape index (κ2) is 2.58. The van der Waals surface area contributed by atoms with E-state index in [-0.39, 0.29) is 5.56 Å². The zero-order valence-electron chi connectivity index (χ0n) is 5.43. The second-order valence-corrected chi connectivity index (χ2v) is 2.08. The molecule has 0 amide bonds. The SMILES string of the molecule is NC(c1ccoc1)C(F)(F)F. The molecule has 0 aliphatic carbocycles. The normalized spacial score (nSPS) is 14.9. The quantitative estimate of drug-likeness (QED) is 0.689. The van der Waals surface area contributed by atoms with Gasteiger partial charge >= 0.3 is 6.18 Å². The van der Waals surface area contributed by atoms with Crippen LogP contribution in [-0.4, -0.2) is 6.18 Å². The Balaban J connectivity index is 2.78. The third kappa shape index (κ3) is 1.74. The lowest BCUT2D eigenvalue weighted by molar-refractivity contribution is -0.149. The van der Waals surface area contributed by atoms with Gasteiger partial charge in [-0.2, -0.15) is 13.2 Å². The molecule has 2 N–H and O–H groups in total. The Morgan fingerprint density at radius 2 is 2.09 bits per heavy atom. The second-order valence-electron chi connectivity index (χ2n) is 2.08. The van der Waals surface area contributed by atoms with Gasteiger partial charge < -0.3 is 10.2 Å². The van der Waals surface area contributed by atoms with Gasteiger partial charge in [-0.25, -0.2) is 0 Å². The monoisotopic (exact) mass is 165 g/mol. The fraction of sp³-hybridized carbons (Fsp3) is 0.333. The van der Waals surface area contributed by atoms with Crippen LogP contribution in [0.3, 0.4) is 0 Å². The van der Waals surface area contributed by atoms with Crippen LogP contribution in [-0.2, 0) is 0 Å². The van der Waals surface area contributed by atoms with Crippen molar-refractivity contribution in [2.24, 2.45) is 5.73 Å². The zero-order valence-corrected chi connectivity index (χ0v) is 5.43. The Morgan fingerprint density at radius 1 is 1.45 bits per heavy atom. The van der Waals surface area contributed by atoms with Crippen molar-refractivity contribution in [3.8, 4) is 0 Å². The number of nitrogens with two attached hydrogens (primary N) is 1. The predicted molar refractivity (Wildman–Crippen MR) is 31.7 cm³/mol. The summed E-state index contributed by atoms with van der Waals surface area (Å²) in [4.78, 5) is 0. The molecule has 5 heteroatoms. The molecule has 1 unspecified atom stereocenters. The van der Waals surface area contributed by atoms with E-state index in [4.69, 9.17) is 5.73 Å². The van der Waals surface area contributed by atoms with Gasteiger partial charge in [0, 0.05) is 5.56 Å². The van der Waals surface area contributed by atoms with Crippen LogP contribution in [0.15, 0.2) is 23.0 Å². The highest BCUT2D eigenvalue weighted by atomic mass is 19.4. The molecule has 2 nitrogen and oxygen atoms in total. The highest BCUT2D eigenvalue weighted by Crippen LogP contribution is 2.30. The van der Waals surface area contributed by atoms with Gasteiger partial charge in [0.25, 0.3) is 0 Å². The highest BCUT2D eigenvalue weighted by Gasteiger charge is 2.38. The van der Waals surface area contributed by atoms with Crippen molar-refractivity contribution in [1.82, 2.24) is 0 Å². The van der Waals surface area contributed by atoms with E-state index in [9.17, 15) is 13.2 Å². The Hall–Kier alpha value is -0.970. The van der Waals surface area contributed by atoms with Gasteiger partial charge in [-0.15, -0.1) is 0 Å². The van der Waals surface area contributed by atoms with Gasteiger partial charge in [-0.3, -0.25) is 0 Å². The molecular formula is C6H6F3NO. The van der Waals surface area contributed by atoms with Crippen LogP contribution in [0.5, 0.6) is 0 Å². The van der Waals surface area contributed by atoms with E-state index in [0.29, 0.717) is 0 Å². The molecule has 0 aliphatic rings. The minimum atomic E-state index is -4.40. The molecule has 1 heterocycles. The molecule has 0 aromatic carbocycles. The number of hydrogen-bond acceptors (Lipinski definition) is 2. The first-order valence-corrected chi connectivity index (χ1v) is 2.86. The predicted octanol–water partition coefficient (Wildman–Crippen LogP) is 1.84. The smallest absolute Gasteiger partial charge is 0.407 e. The summed E-state index contributed by atoms with van der Waals surface area (Å²) in [5, 5.41) is 0. The van der Waals surface area contributed by atoms with Crippen molar-refractivity contribution >= 4 is 0 Å². The van der Waals surface area contributed by atoms with Gasteiger partial charge in [0.05, 0.1) is 12.5 Å². The minimum absolute atomic E-state index is 0.0579. The molecule has 0 saturated heterocycles. The summed E-state index contributed by atoms with van der Waals surface area (Å²) >= 11 is 0. The molecule has 0 bridgehead atoms. The maximum atomic E-state index is 11.8. The molecule has 1 atom stereocenters. The van der Waals surface area contributed by atoms with Gasteiger partial charge in [-0.05, 0) is 6.07 Å². The van der Waals surface area contributed by atoms with Crippen molar-refractivity contribution in [1.29, 1.82) is 0 Å². The summed E-state index contributed by atoms with van der Waals surface area (Å²) in [6.45, 7) is 0. The molecule has 62 valence electrons. The lowest BCUT2D eigenvalue weighted by Gasteiger charge is -2.12. The maximum absolute atomic E-state index is 11.8. The molecule has 1 aromatic rings. The highest BCUT2D eigenvalue weighted by molar-refractivity contribution is 5.12. The van der Waals surface area contributed by atoms with Crippen LogP contribution in [0, 0.1) is 0 Å². The number of furan rings is 1. The van der Waals surface area contributed by atoms with Gasteiger partial charge in [0.15, 0.2) is 0 Å². The third-order valence-corrected chi connectivity index (χ3v) is 1.25. The van der Waals surface area contributed by atoms with Crippen LogP contribution in [0.2, 0.25) is 0 Å². The summed E-state index contributed by atoms with van der Waals surface area (Å²) in [5.74, 6) is 0. The summed E-state index contributed by atoms with van der Waals surface area (Å²) in [5.41, 5.74) is 4.77. The molecule has 1 rings (SSSR count). The van der Waals surface area contributed by atoms with E-state index < -0.39 is 12.2 Å². The average Bonchev–Trinajstić information content (AvgIpc) is 2.34. The fourth-order valence-corrected chi connectivity index (χ4v) is 0.641. The Labute approximate surface area is 60.8 Å². The van der Waals surface area contributed by atoms with Crippen molar-refractivity contribution in [2.75, 3.05) is 0 Å². The lowest BCUT2D eigenvalue weighted by Crippen LogP contribution is -2.27. The summed E-state index contributed by atoms with van der Waals surface area (Å²) in [6, 6.07) is -0.751. The molecule has 0 saturated carbocycles. The van der Waals surface area contributed by atoms with E-state index in [0.717, 1.165) is 12.5 Å². The number of halogens is 3. The Bertz CT molecular complexity index is 216. The zero-order chi connectivity index (χ0) is 8.48. The number of hydrogen-bond donors (Lipinski definition) is 1. The largest absolute Gasteiger partial charge is 0.472 e. The van der Waals surface area contributed by atoms with Crippen molar-refractivity contribution in [3.63, 3.8) is 0 Å². The lowest BCUT2D eigenvalue weighted by atomic mass is 10.1. The van der Waals surface area contributed by atoms with Crippen molar-refractivity contribution in [3.05, 3.63) is 24.2 Å². The average molecular weight is 165 g/mol. The van der Waals surface area contributed by atoms with Crippen LogP contribution >= 0.6 is 0 Å². The van der Waals surface area contributed by atoms with Gasteiger partial charge in [0.1, 0.15) is 6.04 Å². The fourth-order valence-electron chi connectivity index (χ4n) is 0.641. The van der Waals surface area contributed by atoms with E-state index in [2.05, 4.69) is 4.42 Å². The number of rotatable bonds is 1. The first-order valence-electron chi connectivity index (χ1n) is 2.86. The van der Waals surface area contributed by atoms with Gasteiger partial charge in [-0.1, -0.05) is 0 Å². The molecule has 0 fully saturated rings.